The molecule has 0 bridgehead atoms. The predicted molar refractivity (Wildman–Crippen MR) is 202 cm³/mol. The number of aromatic nitrogens is 1. The Bertz CT molecular complexity index is 2790. The molecule has 0 spiro atoms. The quantitative estimate of drug-likeness (QED) is 0.184. The molecule has 0 atom stereocenters. The summed E-state index contributed by atoms with van der Waals surface area (Å²) in [5, 5.41) is 26.8. The summed E-state index contributed by atoms with van der Waals surface area (Å²) in [7, 11) is 0. The third kappa shape index (κ3) is 4.49. The Kier molecular flexibility index (Phi) is 6.58. The van der Waals surface area contributed by atoms with Crippen LogP contribution < -0.4 is 0 Å². The van der Waals surface area contributed by atoms with Gasteiger partial charge in [0.1, 0.15) is 0 Å². The molecular weight excluding hydrogens is 595 g/mol. The fourth-order valence-corrected chi connectivity index (χ4v) is 7.56. The maximum Gasteiger partial charge on any atom is 0.0992 e. The predicted octanol–water partition coefficient (Wildman–Crippen LogP) is 11.8. The van der Waals surface area contributed by atoms with Crippen LogP contribution in [-0.4, -0.2) is 4.57 Å². The third-order valence-corrected chi connectivity index (χ3v) is 9.60. The highest BCUT2D eigenvalue weighted by atomic mass is 15.0. The zero-order valence-electron chi connectivity index (χ0n) is 26.4. The van der Waals surface area contributed by atoms with Crippen molar-refractivity contribution in [3.05, 3.63) is 175 Å². The Balaban J connectivity index is 1.33. The molecule has 0 amide bonds. The van der Waals surface area contributed by atoms with E-state index in [-0.39, 0.29) is 0 Å². The van der Waals surface area contributed by atoms with Gasteiger partial charge >= 0.3 is 0 Å². The zero-order chi connectivity index (χ0) is 32.9. The molecule has 1 aromatic heterocycles. The third-order valence-electron chi connectivity index (χ3n) is 9.60. The van der Waals surface area contributed by atoms with Crippen LogP contribution in [0.2, 0.25) is 0 Å². The highest BCUT2D eigenvalue weighted by Gasteiger charge is 2.20. The minimum atomic E-state index is 0.600. The van der Waals surface area contributed by atoms with Gasteiger partial charge in [0.25, 0.3) is 0 Å². The van der Waals surface area contributed by atoms with Crippen LogP contribution in [0.3, 0.4) is 0 Å². The summed E-state index contributed by atoms with van der Waals surface area (Å²) >= 11 is 0. The molecule has 3 heteroatoms. The largest absolute Gasteiger partial charge is 0.309 e. The summed E-state index contributed by atoms with van der Waals surface area (Å²) in [6, 6.07) is 61.4. The Labute approximate surface area is 283 Å². The molecule has 0 saturated carbocycles. The van der Waals surface area contributed by atoms with Crippen molar-refractivity contribution in [1.29, 1.82) is 10.5 Å². The van der Waals surface area contributed by atoms with Gasteiger partial charge in [0.2, 0.25) is 0 Å². The lowest BCUT2D eigenvalue weighted by Crippen LogP contribution is -1.98. The van der Waals surface area contributed by atoms with Crippen LogP contribution in [0.1, 0.15) is 11.1 Å². The first kappa shape index (κ1) is 28.3. The van der Waals surface area contributed by atoms with Crippen LogP contribution in [0.15, 0.2) is 164 Å². The highest BCUT2D eigenvalue weighted by molar-refractivity contribution is 6.21. The van der Waals surface area contributed by atoms with Crippen LogP contribution >= 0.6 is 0 Å². The van der Waals surface area contributed by atoms with E-state index < -0.39 is 0 Å². The molecule has 9 aromatic rings. The van der Waals surface area contributed by atoms with E-state index in [1.165, 1.54) is 21.9 Å². The normalized spacial score (nSPS) is 11.2. The summed E-state index contributed by atoms with van der Waals surface area (Å²) in [4.78, 5) is 0. The van der Waals surface area contributed by atoms with E-state index in [1.807, 2.05) is 36.4 Å². The van der Waals surface area contributed by atoms with Crippen molar-refractivity contribution >= 4 is 43.4 Å². The van der Waals surface area contributed by atoms with E-state index in [0.717, 1.165) is 60.5 Å². The van der Waals surface area contributed by atoms with Gasteiger partial charge in [-0.3, -0.25) is 0 Å². The monoisotopic (exact) mass is 621 g/mol. The molecule has 0 aliphatic carbocycles. The fourth-order valence-electron chi connectivity index (χ4n) is 7.56. The van der Waals surface area contributed by atoms with Gasteiger partial charge in [-0.25, -0.2) is 0 Å². The van der Waals surface area contributed by atoms with E-state index in [9.17, 15) is 10.5 Å². The summed E-state index contributed by atoms with van der Waals surface area (Å²) in [5.74, 6) is 0. The zero-order valence-corrected chi connectivity index (χ0v) is 26.4. The number of hydrogen-bond donors (Lipinski definition) is 0. The second-order valence-electron chi connectivity index (χ2n) is 12.3. The van der Waals surface area contributed by atoms with Crippen molar-refractivity contribution in [2.75, 3.05) is 0 Å². The first-order valence-corrected chi connectivity index (χ1v) is 16.3. The number of nitriles is 2. The van der Waals surface area contributed by atoms with Gasteiger partial charge in [0, 0.05) is 16.3 Å². The lowest BCUT2D eigenvalue weighted by molar-refractivity contribution is 1.18. The maximum atomic E-state index is 10.4. The highest BCUT2D eigenvalue weighted by Crippen LogP contribution is 2.45. The van der Waals surface area contributed by atoms with Crippen LogP contribution in [0.4, 0.5) is 0 Å². The topological polar surface area (TPSA) is 52.5 Å². The first-order chi connectivity index (χ1) is 24.2. The molecule has 0 unspecified atom stereocenters. The molecule has 0 N–H and O–H groups in total. The van der Waals surface area contributed by atoms with Crippen molar-refractivity contribution in [1.82, 2.24) is 4.57 Å². The van der Waals surface area contributed by atoms with E-state index >= 15 is 0 Å². The molecule has 3 nitrogen and oxygen atoms in total. The van der Waals surface area contributed by atoms with Crippen molar-refractivity contribution in [3.63, 3.8) is 0 Å². The average molecular weight is 622 g/mol. The Morgan fingerprint density at radius 2 is 0.898 bits per heavy atom. The van der Waals surface area contributed by atoms with Crippen molar-refractivity contribution in [2.24, 2.45) is 0 Å². The van der Waals surface area contributed by atoms with Gasteiger partial charge in [0.05, 0.1) is 40.0 Å². The Morgan fingerprint density at radius 1 is 0.367 bits per heavy atom. The number of benzene rings is 8. The standard InChI is InChI=1S/C46H27N3/c47-28-30-22-23-44-41(26-30)36-15-9-11-21-43(36)49(44)42-20-10-8-14-35(42)33-24-31(29-48)25-34(27-33)46-39-18-6-4-16-37(39)45(32-12-2-1-3-13-32)38-17-5-7-19-40(38)46/h1-27H. The number of hydrogen-bond acceptors (Lipinski definition) is 2. The molecule has 0 fully saturated rings. The van der Waals surface area contributed by atoms with E-state index in [2.05, 4.69) is 144 Å². The lowest BCUT2D eigenvalue weighted by Gasteiger charge is -2.19. The first-order valence-electron chi connectivity index (χ1n) is 16.3. The van der Waals surface area contributed by atoms with Gasteiger partial charge in [-0.2, -0.15) is 10.5 Å². The summed E-state index contributed by atoms with van der Waals surface area (Å²) < 4.78 is 2.28. The minimum absolute atomic E-state index is 0.600. The van der Waals surface area contributed by atoms with E-state index in [0.29, 0.717) is 11.1 Å². The van der Waals surface area contributed by atoms with Crippen LogP contribution in [0.25, 0.3) is 82.4 Å². The molecule has 49 heavy (non-hydrogen) atoms. The summed E-state index contributed by atoms with van der Waals surface area (Å²) in [5.41, 5.74) is 10.8. The molecule has 1 heterocycles. The van der Waals surface area contributed by atoms with E-state index in [4.69, 9.17) is 0 Å². The molecule has 0 radical (unpaired) electrons. The van der Waals surface area contributed by atoms with Crippen LogP contribution in [0.5, 0.6) is 0 Å². The Morgan fingerprint density at radius 3 is 1.57 bits per heavy atom. The van der Waals surface area contributed by atoms with Gasteiger partial charge in [-0.15, -0.1) is 0 Å². The maximum absolute atomic E-state index is 10.4. The SMILES string of the molecule is N#Cc1cc(-c2ccccc2-n2c3ccccc3c3cc(C#N)ccc32)cc(-c2c3ccccc3c(-c3ccccc3)c3ccccc23)c1. The number of rotatable bonds is 4. The molecule has 9 rings (SSSR count). The minimum Gasteiger partial charge on any atom is -0.309 e. The molecular formula is C46H27N3. The fraction of sp³-hybridized carbons (Fsp3) is 0. The van der Waals surface area contributed by atoms with Gasteiger partial charge in [0.15, 0.2) is 0 Å². The van der Waals surface area contributed by atoms with Gasteiger partial charge in [-0.05, 0) is 97.9 Å². The van der Waals surface area contributed by atoms with Crippen LogP contribution in [0, 0.1) is 22.7 Å². The summed E-state index contributed by atoms with van der Waals surface area (Å²) in [6.45, 7) is 0. The number of fused-ring (bicyclic) bond motifs is 5. The second-order valence-corrected chi connectivity index (χ2v) is 12.3. The van der Waals surface area contributed by atoms with Crippen molar-refractivity contribution in [2.45, 2.75) is 0 Å². The second kappa shape index (κ2) is 11.4. The molecule has 8 aromatic carbocycles. The van der Waals surface area contributed by atoms with Crippen molar-refractivity contribution in [3.8, 4) is 51.2 Å². The molecule has 226 valence electrons. The number of para-hydroxylation sites is 2. The van der Waals surface area contributed by atoms with E-state index in [1.54, 1.807) is 0 Å². The van der Waals surface area contributed by atoms with Gasteiger partial charge in [-0.1, -0.05) is 115 Å². The Hall–Kier alpha value is -6.94. The smallest absolute Gasteiger partial charge is 0.0992 e. The number of nitrogens with zero attached hydrogens (tertiary/aromatic N) is 3. The van der Waals surface area contributed by atoms with Crippen LogP contribution in [-0.2, 0) is 0 Å². The van der Waals surface area contributed by atoms with Gasteiger partial charge < -0.3 is 4.57 Å². The van der Waals surface area contributed by atoms with Crippen molar-refractivity contribution < 1.29 is 0 Å². The lowest BCUT2D eigenvalue weighted by atomic mass is 9.85. The molecule has 0 aliphatic heterocycles. The molecule has 0 saturated heterocycles. The molecule has 0 aliphatic rings. The summed E-state index contributed by atoms with van der Waals surface area (Å²) in [6.07, 6.45) is 0. The average Bonchev–Trinajstić information content (AvgIpc) is 3.50.